The number of rotatable bonds is 4. The molecule has 2 atom stereocenters. The van der Waals surface area contributed by atoms with Crippen molar-refractivity contribution in [2.45, 2.75) is 25.3 Å². The Bertz CT molecular complexity index is 1030. The van der Waals surface area contributed by atoms with Gasteiger partial charge in [0.05, 0.1) is 5.69 Å². The lowest BCUT2D eigenvalue weighted by molar-refractivity contribution is -0.141. The zero-order chi connectivity index (χ0) is 20.5. The second kappa shape index (κ2) is 7.75. The molecule has 0 saturated carbocycles. The largest absolute Gasteiger partial charge is 0.480 e. The van der Waals surface area contributed by atoms with Gasteiger partial charge in [-0.2, -0.15) is 0 Å². The van der Waals surface area contributed by atoms with Crippen LogP contribution in [0.25, 0.3) is 11.1 Å². The quantitative estimate of drug-likeness (QED) is 0.693. The van der Waals surface area contributed by atoms with Crippen LogP contribution < -0.4 is 0 Å². The summed E-state index contributed by atoms with van der Waals surface area (Å²) in [6.07, 6.45) is 0. The van der Waals surface area contributed by atoms with E-state index in [9.17, 15) is 14.7 Å². The van der Waals surface area contributed by atoms with Crippen LogP contribution in [0, 0.1) is 13.8 Å². The molecule has 1 amide bonds. The number of nitrogens with zero attached hydrogens (tertiary/aromatic N) is 2. The number of carboxylic acids is 1. The van der Waals surface area contributed by atoms with E-state index in [1.165, 1.54) is 16.7 Å². The lowest BCUT2D eigenvalue weighted by Gasteiger charge is -2.27. The standard InChI is InChI=1S/C22H20N2O4S/c1-13-19(14(2)28-23-13)15-8-10-16(11-9-15)20(25)24-18(22(26)27)12-29-21(24)17-6-4-3-5-7-17/h3-11,18,21H,12H2,1-2H3,(H,26,27)/t18-,21+/m0/s1. The van der Waals surface area contributed by atoms with Gasteiger partial charge in [0.2, 0.25) is 0 Å². The van der Waals surface area contributed by atoms with Crippen molar-refractivity contribution in [2.75, 3.05) is 5.75 Å². The van der Waals surface area contributed by atoms with E-state index in [0.29, 0.717) is 17.1 Å². The zero-order valence-corrected chi connectivity index (χ0v) is 16.8. The van der Waals surface area contributed by atoms with Crippen LogP contribution in [0.3, 0.4) is 0 Å². The lowest BCUT2D eigenvalue weighted by atomic mass is 10.0. The Hall–Kier alpha value is -3.06. The van der Waals surface area contributed by atoms with Crippen molar-refractivity contribution in [1.29, 1.82) is 0 Å². The number of carbonyl (C=O) groups is 2. The summed E-state index contributed by atoms with van der Waals surface area (Å²) in [5, 5.41) is 13.3. The van der Waals surface area contributed by atoms with Crippen molar-refractivity contribution in [3.05, 3.63) is 77.2 Å². The fourth-order valence-corrected chi connectivity index (χ4v) is 5.06. The zero-order valence-electron chi connectivity index (χ0n) is 16.0. The van der Waals surface area contributed by atoms with E-state index in [1.54, 1.807) is 12.1 Å². The normalized spacial score (nSPS) is 18.8. The van der Waals surface area contributed by atoms with Crippen molar-refractivity contribution in [1.82, 2.24) is 10.1 Å². The Labute approximate surface area is 172 Å². The molecular weight excluding hydrogens is 388 g/mol. The van der Waals surface area contributed by atoms with Gasteiger partial charge in [-0.05, 0) is 37.1 Å². The van der Waals surface area contributed by atoms with Gasteiger partial charge in [0.15, 0.2) is 0 Å². The smallest absolute Gasteiger partial charge is 0.327 e. The maximum absolute atomic E-state index is 13.3. The molecule has 3 aromatic rings. The molecular formula is C22H20N2O4S. The van der Waals surface area contributed by atoms with Crippen molar-refractivity contribution >= 4 is 23.6 Å². The summed E-state index contributed by atoms with van der Waals surface area (Å²) in [5.74, 6) is -0.205. The molecule has 29 heavy (non-hydrogen) atoms. The minimum absolute atomic E-state index is 0.290. The van der Waals surface area contributed by atoms with Gasteiger partial charge in [-0.3, -0.25) is 4.79 Å². The highest BCUT2D eigenvalue weighted by atomic mass is 32.2. The van der Waals surface area contributed by atoms with E-state index in [4.69, 9.17) is 4.52 Å². The summed E-state index contributed by atoms with van der Waals surface area (Å²) in [6, 6.07) is 15.8. The predicted molar refractivity (Wildman–Crippen MR) is 111 cm³/mol. The van der Waals surface area contributed by atoms with Gasteiger partial charge >= 0.3 is 5.97 Å². The van der Waals surface area contributed by atoms with Gasteiger partial charge in [0.1, 0.15) is 17.2 Å². The molecule has 1 aliphatic heterocycles. The van der Waals surface area contributed by atoms with Crippen LogP contribution in [0.4, 0.5) is 0 Å². The number of aliphatic carboxylic acids is 1. The summed E-state index contributed by atoms with van der Waals surface area (Å²) in [4.78, 5) is 26.6. The molecule has 1 aromatic heterocycles. The van der Waals surface area contributed by atoms with E-state index in [1.807, 2.05) is 56.3 Å². The van der Waals surface area contributed by atoms with Crippen LogP contribution in [0.2, 0.25) is 0 Å². The molecule has 148 valence electrons. The highest BCUT2D eigenvalue weighted by Crippen LogP contribution is 2.42. The summed E-state index contributed by atoms with van der Waals surface area (Å²) in [6.45, 7) is 3.71. The van der Waals surface area contributed by atoms with Gasteiger partial charge in [-0.15, -0.1) is 11.8 Å². The minimum Gasteiger partial charge on any atom is -0.480 e. The van der Waals surface area contributed by atoms with E-state index < -0.39 is 12.0 Å². The van der Waals surface area contributed by atoms with Crippen molar-refractivity contribution in [2.24, 2.45) is 0 Å². The van der Waals surface area contributed by atoms with Gasteiger partial charge in [0.25, 0.3) is 5.91 Å². The van der Waals surface area contributed by atoms with E-state index in [0.717, 1.165) is 22.4 Å². The van der Waals surface area contributed by atoms with Crippen LogP contribution in [-0.4, -0.2) is 38.8 Å². The first-order valence-electron chi connectivity index (χ1n) is 9.22. The molecule has 6 nitrogen and oxygen atoms in total. The lowest BCUT2D eigenvalue weighted by Crippen LogP contribution is -2.42. The highest BCUT2D eigenvalue weighted by Gasteiger charge is 2.42. The van der Waals surface area contributed by atoms with Crippen molar-refractivity contribution in [3.8, 4) is 11.1 Å². The van der Waals surface area contributed by atoms with E-state index in [-0.39, 0.29) is 11.3 Å². The molecule has 2 aromatic carbocycles. The number of benzene rings is 2. The van der Waals surface area contributed by atoms with E-state index in [2.05, 4.69) is 5.16 Å². The third kappa shape index (κ3) is 3.53. The van der Waals surface area contributed by atoms with Crippen LogP contribution in [-0.2, 0) is 4.79 Å². The van der Waals surface area contributed by atoms with Gasteiger partial charge in [-0.25, -0.2) is 4.79 Å². The molecule has 2 heterocycles. The third-order valence-corrected chi connectivity index (χ3v) is 6.38. The molecule has 7 heteroatoms. The summed E-state index contributed by atoms with van der Waals surface area (Å²) < 4.78 is 5.22. The molecule has 0 unspecified atom stereocenters. The molecule has 0 radical (unpaired) electrons. The molecule has 0 spiro atoms. The highest BCUT2D eigenvalue weighted by molar-refractivity contribution is 7.99. The Kier molecular flexibility index (Phi) is 5.15. The minimum atomic E-state index is -0.989. The molecule has 1 saturated heterocycles. The van der Waals surface area contributed by atoms with Crippen LogP contribution in [0.5, 0.6) is 0 Å². The SMILES string of the molecule is Cc1noc(C)c1-c1ccc(C(=O)N2[C@@H](c3ccccc3)SC[C@H]2C(=O)O)cc1. The molecule has 0 bridgehead atoms. The molecule has 1 aliphatic rings. The monoisotopic (exact) mass is 408 g/mol. The topological polar surface area (TPSA) is 83.6 Å². The van der Waals surface area contributed by atoms with Crippen LogP contribution >= 0.6 is 11.8 Å². The number of carboxylic acid groups (broad SMARTS) is 1. The van der Waals surface area contributed by atoms with Crippen LogP contribution in [0.1, 0.15) is 32.7 Å². The number of aromatic nitrogens is 1. The fraction of sp³-hybridized carbons (Fsp3) is 0.227. The first-order valence-corrected chi connectivity index (χ1v) is 10.3. The maximum Gasteiger partial charge on any atom is 0.327 e. The Morgan fingerprint density at radius 3 is 2.38 bits per heavy atom. The van der Waals surface area contributed by atoms with Crippen LogP contribution in [0.15, 0.2) is 59.1 Å². The molecule has 0 aliphatic carbocycles. The van der Waals surface area contributed by atoms with E-state index >= 15 is 0 Å². The molecule has 1 N–H and O–H groups in total. The second-order valence-corrected chi connectivity index (χ2v) is 8.05. The number of thioether (sulfide) groups is 1. The third-order valence-electron chi connectivity index (χ3n) is 5.06. The Morgan fingerprint density at radius 2 is 1.79 bits per heavy atom. The summed E-state index contributed by atoms with van der Waals surface area (Å²) in [5.41, 5.74) is 3.97. The summed E-state index contributed by atoms with van der Waals surface area (Å²) >= 11 is 1.47. The van der Waals surface area contributed by atoms with Gasteiger partial charge < -0.3 is 14.5 Å². The Morgan fingerprint density at radius 1 is 1.10 bits per heavy atom. The van der Waals surface area contributed by atoms with Gasteiger partial charge in [0, 0.05) is 16.9 Å². The van der Waals surface area contributed by atoms with Crippen molar-refractivity contribution < 1.29 is 19.2 Å². The molecule has 4 rings (SSSR count). The first-order chi connectivity index (χ1) is 14.0. The maximum atomic E-state index is 13.3. The molecule has 1 fully saturated rings. The number of carbonyl (C=O) groups excluding carboxylic acids is 1. The second-order valence-electron chi connectivity index (χ2n) is 6.94. The summed E-state index contributed by atoms with van der Waals surface area (Å²) in [7, 11) is 0. The van der Waals surface area contributed by atoms with Crippen molar-refractivity contribution in [3.63, 3.8) is 0 Å². The fourth-order valence-electron chi connectivity index (χ4n) is 3.64. The number of hydrogen-bond donors (Lipinski definition) is 1. The average Bonchev–Trinajstić information content (AvgIpc) is 3.32. The number of aryl methyl sites for hydroxylation is 2. The number of hydrogen-bond acceptors (Lipinski definition) is 5. The predicted octanol–water partition coefficient (Wildman–Crippen LogP) is 4.30. The van der Waals surface area contributed by atoms with Gasteiger partial charge in [-0.1, -0.05) is 47.6 Å². The number of amides is 1. The average molecular weight is 408 g/mol. The first kappa shape index (κ1) is 19.3. The Balaban J connectivity index is 1.66.